The molecule has 0 atom stereocenters. The van der Waals surface area contributed by atoms with E-state index in [-0.39, 0.29) is 5.43 Å². The summed E-state index contributed by atoms with van der Waals surface area (Å²) in [4.78, 5) is 15.5. The largest absolute Gasteiger partial charge is 0.456 e. The molecule has 5 heteroatoms. The Balaban J connectivity index is 1.03. The number of fused-ring (bicyclic) bond motifs is 7. The van der Waals surface area contributed by atoms with E-state index < -0.39 is 0 Å². The van der Waals surface area contributed by atoms with Crippen LogP contribution in [-0.2, 0) is 0 Å². The summed E-state index contributed by atoms with van der Waals surface area (Å²) in [5, 5.41) is 3.56. The van der Waals surface area contributed by atoms with Crippen LogP contribution < -0.4 is 15.1 Å². The van der Waals surface area contributed by atoms with Crippen LogP contribution in [0.25, 0.3) is 71.7 Å². The van der Waals surface area contributed by atoms with Crippen molar-refractivity contribution in [3.63, 3.8) is 0 Å². The van der Waals surface area contributed by atoms with E-state index in [2.05, 4.69) is 143 Å². The first-order valence-corrected chi connectivity index (χ1v) is 18.0. The Morgan fingerprint density at radius 3 is 1.67 bits per heavy atom. The fourth-order valence-corrected chi connectivity index (χ4v) is 8.01. The second-order valence-electron chi connectivity index (χ2n) is 13.7. The van der Waals surface area contributed by atoms with Crippen molar-refractivity contribution in [2.75, 3.05) is 4.90 Å². The van der Waals surface area contributed by atoms with E-state index in [1.54, 1.807) is 6.07 Å². The predicted octanol–water partition coefficient (Wildman–Crippen LogP) is 13.0. The SMILES string of the molecule is O=c1c2ccccc2oc2cc(-c3ccc4c(c3)Oc3cc(-c5ccc6c(c5)c5ccccc5n6-c5ccccc5)ccc3N4c3ccccc3)ccc12. The lowest BCUT2D eigenvalue weighted by Gasteiger charge is -2.33. The molecular formula is C49H30N2O3. The number of rotatable bonds is 4. The molecule has 254 valence electrons. The van der Waals surface area contributed by atoms with Crippen LogP contribution in [0.4, 0.5) is 17.1 Å². The maximum atomic E-state index is 13.2. The summed E-state index contributed by atoms with van der Waals surface area (Å²) in [7, 11) is 0. The quantitative estimate of drug-likeness (QED) is 0.172. The normalized spacial score (nSPS) is 12.3. The van der Waals surface area contributed by atoms with E-state index in [0.29, 0.717) is 21.9 Å². The van der Waals surface area contributed by atoms with Gasteiger partial charge in [-0.1, -0.05) is 91.0 Å². The van der Waals surface area contributed by atoms with Crippen LogP contribution in [0.15, 0.2) is 191 Å². The highest BCUT2D eigenvalue weighted by Gasteiger charge is 2.27. The summed E-state index contributed by atoms with van der Waals surface area (Å²) in [6.07, 6.45) is 0. The maximum absolute atomic E-state index is 13.2. The standard InChI is InChI=1S/C49H30N2O3/c52-49-38-16-8-10-18-45(38)53-46-28-32(19-23-39(46)49)34-22-26-44-48(30-34)54-47-29-33(21-25-43(47)51(44)36-13-5-2-6-14-36)31-20-24-42-40(27-31)37-15-7-9-17-41(37)50(42)35-11-3-1-4-12-35/h1-30H. The van der Waals surface area contributed by atoms with E-state index >= 15 is 0 Å². The molecule has 8 aromatic carbocycles. The van der Waals surface area contributed by atoms with Crippen LogP contribution in [0.5, 0.6) is 11.5 Å². The minimum Gasteiger partial charge on any atom is -0.456 e. The van der Waals surface area contributed by atoms with Gasteiger partial charge >= 0.3 is 0 Å². The van der Waals surface area contributed by atoms with Gasteiger partial charge in [-0.05, 0) is 113 Å². The van der Waals surface area contributed by atoms with Crippen LogP contribution in [0.1, 0.15) is 0 Å². The molecule has 0 aliphatic carbocycles. The summed E-state index contributed by atoms with van der Waals surface area (Å²) >= 11 is 0. The molecule has 1 aliphatic rings. The molecule has 0 bridgehead atoms. The van der Waals surface area contributed by atoms with Gasteiger partial charge in [0.05, 0.1) is 33.2 Å². The smallest absolute Gasteiger partial charge is 0.200 e. The van der Waals surface area contributed by atoms with Gasteiger partial charge in [0, 0.05) is 22.1 Å². The summed E-state index contributed by atoms with van der Waals surface area (Å²) in [6.45, 7) is 0. The van der Waals surface area contributed by atoms with Crippen LogP contribution >= 0.6 is 0 Å². The molecule has 0 amide bonds. The average molecular weight is 695 g/mol. The lowest BCUT2D eigenvalue weighted by atomic mass is 9.99. The topological polar surface area (TPSA) is 47.6 Å². The Hall–Kier alpha value is -7.37. The minimum atomic E-state index is -0.0285. The first-order valence-electron chi connectivity index (χ1n) is 18.0. The van der Waals surface area contributed by atoms with E-state index in [0.717, 1.165) is 56.5 Å². The van der Waals surface area contributed by atoms with Gasteiger partial charge in [-0.2, -0.15) is 0 Å². The van der Waals surface area contributed by atoms with Crippen molar-refractivity contribution in [2.24, 2.45) is 0 Å². The van der Waals surface area contributed by atoms with Crippen LogP contribution in [0.2, 0.25) is 0 Å². The summed E-state index contributed by atoms with van der Waals surface area (Å²) in [5.41, 5.74) is 11.6. The molecule has 0 fully saturated rings. The Kier molecular flexibility index (Phi) is 6.64. The number of ether oxygens (including phenoxy) is 1. The third-order valence-corrected chi connectivity index (χ3v) is 10.6. The molecule has 0 saturated heterocycles. The Morgan fingerprint density at radius 2 is 0.926 bits per heavy atom. The lowest BCUT2D eigenvalue weighted by molar-refractivity contribution is 0.477. The van der Waals surface area contributed by atoms with Gasteiger partial charge in [-0.25, -0.2) is 0 Å². The van der Waals surface area contributed by atoms with Crippen molar-refractivity contribution in [1.29, 1.82) is 0 Å². The molecule has 2 aromatic heterocycles. The van der Waals surface area contributed by atoms with Crippen molar-refractivity contribution in [3.8, 4) is 39.4 Å². The van der Waals surface area contributed by atoms with Gasteiger partial charge in [0.1, 0.15) is 11.2 Å². The molecule has 0 saturated carbocycles. The number of hydrogen-bond acceptors (Lipinski definition) is 4. The van der Waals surface area contributed by atoms with Crippen molar-refractivity contribution in [1.82, 2.24) is 4.57 Å². The van der Waals surface area contributed by atoms with E-state index in [1.165, 1.54) is 21.8 Å². The zero-order chi connectivity index (χ0) is 35.8. The minimum absolute atomic E-state index is 0.0285. The third-order valence-electron chi connectivity index (χ3n) is 10.6. The van der Waals surface area contributed by atoms with Gasteiger partial charge < -0.3 is 18.6 Å². The highest BCUT2D eigenvalue weighted by atomic mass is 16.5. The van der Waals surface area contributed by atoms with Crippen LogP contribution in [0, 0.1) is 0 Å². The Morgan fingerprint density at radius 1 is 0.389 bits per heavy atom. The lowest BCUT2D eigenvalue weighted by Crippen LogP contribution is -2.15. The third kappa shape index (κ3) is 4.69. The van der Waals surface area contributed by atoms with Gasteiger partial charge in [0.15, 0.2) is 11.5 Å². The predicted molar refractivity (Wildman–Crippen MR) is 220 cm³/mol. The van der Waals surface area contributed by atoms with Crippen molar-refractivity contribution < 1.29 is 9.15 Å². The monoisotopic (exact) mass is 694 g/mol. The Labute approximate surface area is 310 Å². The highest BCUT2D eigenvalue weighted by molar-refractivity contribution is 6.10. The highest BCUT2D eigenvalue weighted by Crippen LogP contribution is 2.52. The van der Waals surface area contributed by atoms with E-state index in [4.69, 9.17) is 9.15 Å². The molecule has 3 heterocycles. The summed E-state index contributed by atoms with van der Waals surface area (Å²) in [6, 6.07) is 62.1. The van der Waals surface area contributed by atoms with Gasteiger partial charge in [0.25, 0.3) is 0 Å². The van der Waals surface area contributed by atoms with E-state index in [1.807, 2.05) is 42.5 Å². The second-order valence-corrected chi connectivity index (χ2v) is 13.7. The van der Waals surface area contributed by atoms with Crippen LogP contribution in [0.3, 0.4) is 0 Å². The zero-order valence-electron chi connectivity index (χ0n) is 28.9. The number of benzene rings is 8. The van der Waals surface area contributed by atoms with Crippen molar-refractivity contribution in [3.05, 3.63) is 192 Å². The fraction of sp³-hybridized carbons (Fsp3) is 0. The zero-order valence-corrected chi connectivity index (χ0v) is 28.9. The molecule has 0 unspecified atom stereocenters. The number of anilines is 3. The second kappa shape index (κ2) is 11.8. The number of hydrogen-bond donors (Lipinski definition) is 0. The van der Waals surface area contributed by atoms with Gasteiger partial charge in [-0.3, -0.25) is 4.79 Å². The first-order chi connectivity index (χ1) is 26.7. The Bertz CT molecular complexity index is 3160. The molecule has 0 N–H and O–H groups in total. The van der Waals surface area contributed by atoms with Crippen molar-refractivity contribution in [2.45, 2.75) is 0 Å². The van der Waals surface area contributed by atoms with Crippen LogP contribution in [-0.4, -0.2) is 4.57 Å². The maximum Gasteiger partial charge on any atom is 0.200 e. The number of aromatic nitrogens is 1. The average Bonchev–Trinajstić information content (AvgIpc) is 3.56. The number of nitrogens with zero attached hydrogens (tertiary/aromatic N) is 2. The molecular weight excluding hydrogens is 665 g/mol. The van der Waals surface area contributed by atoms with E-state index in [9.17, 15) is 4.79 Å². The molecule has 10 aromatic rings. The molecule has 0 radical (unpaired) electrons. The molecule has 54 heavy (non-hydrogen) atoms. The van der Waals surface area contributed by atoms with Crippen molar-refractivity contribution >= 4 is 60.8 Å². The first kappa shape index (κ1) is 30.3. The summed E-state index contributed by atoms with van der Waals surface area (Å²) in [5.74, 6) is 1.51. The van der Waals surface area contributed by atoms with Gasteiger partial charge in [-0.15, -0.1) is 0 Å². The molecule has 5 nitrogen and oxygen atoms in total. The number of para-hydroxylation sites is 4. The molecule has 1 aliphatic heterocycles. The molecule has 0 spiro atoms. The molecule has 11 rings (SSSR count). The van der Waals surface area contributed by atoms with Gasteiger partial charge in [0.2, 0.25) is 5.43 Å². The summed E-state index contributed by atoms with van der Waals surface area (Å²) < 4.78 is 15.4. The fourth-order valence-electron chi connectivity index (χ4n) is 8.01.